The monoisotopic (exact) mass is 526 g/mol. The van der Waals surface area contributed by atoms with Gasteiger partial charge in [-0.05, 0) is 83.9 Å². The van der Waals surface area contributed by atoms with Crippen LogP contribution in [-0.4, -0.2) is 19.0 Å². The van der Waals surface area contributed by atoms with Crippen LogP contribution in [0.3, 0.4) is 0 Å². The average Bonchev–Trinajstić information content (AvgIpc) is 3.19. The lowest BCUT2D eigenvalue weighted by Crippen LogP contribution is -2.38. The molecule has 0 fully saturated rings. The predicted molar refractivity (Wildman–Crippen MR) is 132 cm³/mol. The maximum Gasteiger partial charge on any atom is 0.343 e. The van der Waals surface area contributed by atoms with Crippen LogP contribution in [0.4, 0.5) is 5.00 Å². The Morgan fingerprint density at radius 1 is 1.12 bits per heavy atom. The number of esters is 1. The fourth-order valence-electron chi connectivity index (χ4n) is 4.29. The zero-order valence-electron chi connectivity index (χ0n) is 18.3. The van der Waals surface area contributed by atoms with Gasteiger partial charge in [-0.2, -0.15) is 0 Å². The zero-order valence-corrected chi connectivity index (χ0v) is 20.7. The summed E-state index contributed by atoms with van der Waals surface area (Å²) in [6.07, 6.45) is 3.87. The Morgan fingerprint density at radius 3 is 2.64 bits per heavy atom. The number of halogens is 1. The van der Waals surface area contributed by atoms with Crippen molar-refractivity contribution in [2.24, 2.45) is 0 Å². The van der Waals surface area contributed by atoms with E-state index in [2.05, 4.69) is 26.6 Å². The van der Waals surface area contributed by atoms with Gasteiger partial charge in [0.2, 0.25) is 0 Å². The second-order valence-corrected chi connectivity index (χ2v) is 10.2. The molecular weight excluding hydrogens is 504 g/mol. The molecule has 0 spiro atoms. The quantitative estimate of drug-likeness (QED) is 0.332. The fourth-order valence-corrected chi connectivity index (χ4v) is 6.15. The number of carbonyl (C=O) groups excluding carboxylic acids is 2. The van der Waals surface area contributed by atoms with Gasteiger partial charge >= 0.3 is 5.97 Å². The van der Waals surface area contributed by atoms with Crippen molar-refractivity contribution in [1.29, 1.82) is 0 Å². The van der Waals surface area contributed by atoms with Crippen LogP contribution in [0.2, 0.25) is 0 Å². The first-order valence-corrected chi connectivity index (χ1v) is 12.4. The van der Waals surface area contributed by atoms with Crippen molar-refractivity contribution in [3.63, 3.8) is 0 Å². The molecule has 1 amide bonds. The summed E-state index contributed by atoms with van der Waals surface area (Å²) in [5.74, 6) is 0.158. The van der Waals surface area contributed by atoms with Crippen molar-refractivity contribution in [2.45, 2.75) is 38.8 Å². The number of nitrogens with one attached hydrogen (secondary N) is 2. The minimum atomic E-state index is -0.473. The highest BCUT2D eigenvalue weighted by atomic mass is 79.9. The highest BCUT2D eigenvalue weighted by Crippen LogP contribution is 2.43. The van der Waals surface area contributed by atoms with Gasteiger partial charge in [-0.1, -0.05) is 17.7 Å². The number of thiophene rings is 1. The van der Waals surface area contributed by atoms with E-state index in [4.69, 9.17) is 9.47 Å². The van der Waals surface area contributed by atoms with Crippen molar-refractivity contribution in [3.8, 4) is 11.5 Å². The molecule has 8 heteroatoms. The Morgan fingerprint density at radius 2 is 1.88 bits per heavy atom. The van der Waals surface area contributed by atoms with Gasteiger partial charge in [0, 0.05) is 4.88 Å². The van der Waals surface area contributed by atoms with E-state index in [1.54, 1.807) is 29.5 Å². The number of anilines is 1. The van der Waals surface area contributed by atoms with E-state index in [0.29, 0.717) is 21.5 Å². The van der Waals surface area contributed by atoms with Crippen molar-refractivity contribution in [1.82, 2.24) is 5.32 Å². The fraction of sp³-hybridized carbons (Fsp3) is 0.280. The topological polar surface area (TPSA) is 76.7 Å². The first-order chi connectivity index (χ1) is 15.9. The van der Waals surface area contributed by atoms with E-state index in [-0.39, 0.29) is 5.91 Å². The van der Waals surface area contributed by atoms with Gasteiger partial charge in [0.05, 0.1) is 22.7 Å². The number of aryl methyl sites for hydroxylation is 2. The normalized spacial score (nSPS) is 16.8. The number of ether oxygens (including phenoxy) is 2. The largest absolute Gasteiger partial charge is 0.493 e. The average molecular weight is 527 g/mol. The number of hydrogen-bond acceptors (Lipinski definition) is 6. The Balaban J connectivity index is 1.42. The minimum absolute atomic E-state index is 0.0573. The summed E-state index contributed by atoms with van der Waals surface area (Å²) in [6.45, 7) is 1.96. The lowest BCUT2D eigenvalue weighted by atomic mass is 9.94. The molecule has 1 unspecified atom stereocenters. The van der Waals surface area contributed by atoms with Crippen LogP contribution in [0.1, 0.15) is 61.3 Å². The number of hydrogen-bond donors (Lipinski definition) is 2. The number of rotatable bonds is 4. The van der Waals surface area contributed by atoms with Crippen LogP contribution in [0, 0.1) is 6.92 Å². The second kappa shape index (κ2) is 8.83. The van der Waals surface area contributed by atoms with Crippen molar-refractivity contribution < 1.29 is 19.1 Å². The molecule has 0 bridgehead atoms. The van der Waals surface area contributed by atoms with Crippen LogP contribution in [0.15, 0.2) is 40.9 Å². The summed E-state index contributed by atoms with van der Waals surface area (Å²) in [6, 6.07) is 10.8. The summed E-state index contributed by atoms with van der Waals surface area (Å²) in [4.78, 5) is 26.9. The van der Waals surface area contributed by atoms with E-state index in [9.17, 15) is 9.59 Å². The van der Waals surface area contributed by atoms with Crippen LogP contribution in [0.5, 0.6) is 11.5 Å². The van der Waals surface area contributed by atoms with E-state index < -0.39 is 12.1 Å². The molecule has 0 saturated carbocycles. The van der Waals surface area contributed by atoms with Gasteiger partial charge < -0.3 is 20.1 Å². The smallest absolute Gasteiger partial charge is 0.343 e. The second-order valence-electron chi connectivity index (χ2n) is 8.26. The number of fused-ring (bicyclic) bond motifs is 3. The molecule has 2 heterocycles. The summed E-state index contributed by atoms with van der Waals surface area (Å²) in [5.41, 5.74) is 4.29. The van der Waals surface area contributed by atoms with Crippen LogP contribution in [0.25, 0.3) is 0 Å². The third-order valence-corrected chi connectivity index (χ3v) is 7.83. The van der Waals surface area contributed by atoms with Gasteiger partial charge in [-0.3, -0.25) is 4.79 Å². The van der Waals surface area contributed by atoms with E-state index in [0.717, 1.165) is 41.0 Å². The SMILES string of the molecule is COc1cc(C2NC(=O)c3c(sc4c3CCCC4)N2)cc(Br)c1OC(=O)c1ccc(C)cc1. The molecule has 1 atom stereocenters. The third kappa shape index (κ3) is 4.13. The molecule has 5 rings (SSSR count). The predicted octanol–water partition coefficient (Wildman–Crippen LogP) is 5.78. The van der Waals surface area contributed by atoms with Gasteiger partial charge in [0.25, 0.3) is 5.91 Å². The van der Waals surface area contributed by atoms with Crippen molar-refractivity contribution in [3.05, 3.63) is 73.6 Å². The maximum absolute atomic E-state index is 13.0. The van der Waals surface area contributed by atoms with Crippen molar-refractivity contribution >= 4 is 44.1 Å². The Labute approximate surface area is 204 Å². The summed E-state index contributed by atoms with van der Waals surface area (Å²) in [5, 5.41) is 7.46. The summed E-state index contributed by atoms with van der Waals surface area (Å²) in [7, 11) is 1.52. The standard InChI is InChI=1S/C25H23BrN2O4S/c1-13-7-9-14(10-8-13)25(30)32-21-17(26)11-15(12-18(21)31-2)22-27-23(29)20-16-5-3-4-6-19(16)33-24(20)28-22/h7-12,22,28H,3-6H2,1-2H3,(H,27,29). The first-order valence-electron chi connectivity index (χ1n) is 10.8. The van der Waals surface area contributed by atoms with E-state index >= 15 is 0 Å². The van der Waals surface area contributed by atoms with Crippen LogP contribution >= 0.6 is 27.3 Å². The molecule has 2 N–H and O–H groups in total. The molecular formula is C25H23BrN2O4S. The van der Waals surface area contributed by atoms with Crippen molar-refractivity contribution in [2.75, 3.05) is 12.4 Å². The number of amides is 1. The van der Waals surface area contributed by atoms with Crippen LogP contribution < -0.4 is 20.1 Å². The van der Waals surface area contributed by atoms with Gasteiger partial charge in [0.15, 0.2) is 11.5 Å². The van der Waals surface area contributed by atoms with Gasteiger partial charge in [-0.25, -0.2) is 4.79 Å². The van der Waals surface area contributed by atoms with Crippen LogP contribution in [-0.2, 0) is 12.8 Å². The number of methoxy groups -OCH3 is 1. The first kappa shape index (κ1) is 22.0. The maximum atomic E-state index is 13.0. The molecule has 1 aromatic heterocycles. The highest BCUT2D eigenvalue weighted by molar-refractivity contribution is 9.10. The highest BCUT2D eigenvalue weighted by Gasteiger charge is 2.32. The molecule has 0 radical (unpaired) electrons. The molecule has 0 saturated heterocycles. The van der Waals surface area contributed by atoms with E-state index in [1.165, 1.54) is 24.0 Å². The zero-order chi connectivity index (χ0) is 23.1. The Kier molecular flexibility index (Phi) is 5.88. The molecule has 3 aromatic rings. The molecule has 1 aliphatic heterocycles. The Bertz CT molecular complexity index is 1250. The molecule has 2 aromatic carbocycles. The lowest BCUT2D eigenvalue weighted by Gasteiger charge is -2.27. The molecule has 1 aliphatic carbocycles. The molecule has 170 valence electrons. The van der Waals surface area contributed by atoms with Gasteiger partial charge in [-0.15, -0.1) is 11.3 Å². The Hall–Kier alpha value is -2.84. The third-order valence-electron chi connectivity index (χ3n) is 6.02. The van der Waals surface area contributed by atoms with E-state index in [1.807, 2.05) is 25.1 Å². The summed E-state index contributed by atoms with van der Waals surface area (Å²) >= 11 is 5.20. The summed E-state index contributed by atoms with van der Waals surface area (Å²) < 4.78 is 11.7. The minimum Gasteiger partial charge on any atom is -0.493 e. The molecule has 2 aliphatic rings. The number of benzene rings is 2. The lowest BCUT2D eigenvalue weighted by molar-refractivity contribution is 0.0728. The van der Waals surface area contributed by atoms with Gasteiger partial charge in [0.1, 0.15) is 11.2 Å². The number of carbonyl (C=O) groups is 2. The molecule has 33 heavy (non-hydrogen) atoms. The molecule has 6 nitrogen and oxygen atoms in total.